The summed E-state index contributed by atoms with van der Waals surface area (Å²) in [6.07, 6.45) is 0. The van der Waals surface area contributed by atoms with Crippen LogP contribution in [0.4, 0.5) is 4.79 Å². The van der Waals surface area contributed by atoms with E-state index in [9.17, 15) is 4.79 Å². The van der Waals surface area contributed by atoms with Gasteiger partial charge in [-0.05, 0) is 24.3 Å². The Hall–Kier alpha value is -2.64. The summed E-state index contributed by atoms with van der Waals surface area (Å²) in [6.45, 7) is 0.622. The summed E-state index contributed by atoms with van der Waals surface area (Å²) >= 11 is 5.90. The normalized spacial score (nSPS) is 9.48. The third-order valence-electron chi connectivity index (χ3n) is 3.03. The van der Waals surface area contributed by atoms with Crippen molar-refractivity contribution >= 4 is 17.6 Å². The Bertz CT molecular complexity index is 721. The Morgan fingerprint density at radius 3 is 2.70 bits per heavy atom. The second kappa shape index (κ2) is 8.72. The zero-order chi connectivity index (χ0) is 16.5. The number of benzene rings is 2. The second-order valence-corrected chi connectivity index (χ2v) is 5.10. The molecule has 4 nitrogen and oxygen atoms in total. The van der Waals surface area contributed by atoms with Gasteiger partial charge in [-0.15, -0.1) is 0 Å². The predicted octanol–water partition coefficient (Wildman–Crippen LogP) is 3.20. The summed E-state index contributed by atoms with van der Waals surface area (Å²) in [6, 6.07) is 14.6. The van der Waals surface area contributed by atoms with Gasteiger partial charge in [0.05, 0.1) is 13.7 Å². The van der Waals surface area contributed by atoms with Crippen LogP contribution in [0.3, 0.4) is 0 Å². The maximum Gasteiger partial charge on any atom is 0.315 e. The topological polar surface area (TPSA) is 50.4 Å². The number of hydrogen-bond donors (Lipinski definition) is 2. The predicted molar refractivity (Wildman–Crippen MR) is 91.6 cm³/mol. The van der Waals surface area contributed by atoms with Gasteiger partial charge >= 0.3 is 6.03 Å². The molecule has 23 heavy (non-hydrogen) atoms. The Balaban J connectivity index is 1.79. The summed E-state index contributed by atoms with van der Waals surface area (Å²) < 4.78 is 5.23. The van der Waals surface area contributed by atoms with E-state index >= 15 is 0 Å². The number of methoxy groups -OCH3 is 1. The Labute approximate surface area is 140 Å². The number of rotatable bonds is 4. The average molecular weight is 329 g/mol. The molecule has 0 fully saturated rings. The van der Waals surface area contributed by atoms with Crippen LogP contribution in [0.25, 0.3) is 0 Å². The van der Waals surface area contributed by atoms with Crippen LogP contribution in [0.1, 0.15) is 11.1 Å². The fraction of sp³-hybridized carbons (Fsp3) is 0.167. The summed E-state index contributed by atoms with van der Waals surface area (Å²) in [5, 5.41) is 6.02. The molecule has 0 spiro atoms. The second-order valence-electron chi connectivity index (χ2n) is 4.66. The molecule has 2 aromatic rings. The molecule has 0 unspecified atom stereocenters. The molecule has 0 aliphatic carbocycles. The number of halogens is 1. The Kier molecular flexibility index (Phi) is 6.34. The molecule has 5 heteroatoms. The lowest BCUT2D eigenvalue weighted by molar-refractivity contribution is 0.241. The highest BCUT2D eigenvalue weighted by atomic mass is 35.5. The molecule has 0 saturated carbocycles. The van der Waals surface area contributed by atoms with Crippen molar-refractivity contribution in [3.8, 4) is 17.6 Å². The average Bonchev–Trinajstić information content (AvgIpc) is 2.58. The standard InChI is InChI=1S/C18H17ClN2O2/c1-23-17-12-16(19)10-9-15(17)13-21-18(22)20-11-5-8-14-6-3-2-4-7-14/h2-4,6-7,9-10,12H,11,13H2,1H3,(H2,20,21,22). The molecule has 0 aromatic heterocycles. The van der Waals surface area contributed by atoms with E-state index < -0.39 is 0 Å². The van der Waals surface area contributed by atoms with Crippen LogP contribution in [0.5, 0.6) is 5.75 Å². The van der Waals surface area contributed by atoms with Gasteiger partial charge in [0.1, 0.15) is 5.75 Å². The quantitative estimate of drug-likeness (QED) is 0.847. The van der Waals surface area contributed by atoms with E-state index in [0.717, 1.165) is 11.1 Å². The first-order chi connectivity index (χ1) is 11.2. The van der Waals surface area contributed by atoms with E-state index in [0.29, 0.717) is 17.3 Å². The van der Waals surface area contributed by atoms with Crippen molar-refractivity contribution in [3.05, 3.63) is 64.7 Å². The number of amides is 2. The highest BCUT2D eigenvalue weighted by Crippen LogP contribution is 2.22. The van der Waals surface area contributed by atoms with Crippen LogP contribution in [0.15, 0.2) is 48.5 Å². The molecular formula is C18H17ClN2O2. The number of hydrogen-bond acceptors (Lipinski definition) is 2. The van der Waals surface area contributed by atoms with E-state index in [1.807, 2.05) is 36.4 Å². The molecule has 0 radical (unpaired) electrons. The first-order valence-electron chi connectivity index (χ1n) is 7.07. The highest BCUT2D eigenvalue weighted by Gasteiger charge is 2.05. The van der Waals surface area contributed by atoms with Crippen LogP contribution >= 0.6 is 11.6 Å². The molecule has 2 aromatic carbocycles. The lowest BCUT2D eigenvalue weighted by atomic mass is 10.2. The lowest BCUT2D eigenvalue weighted by Crippen LogP contribution is -2.35. The van der Waals surface area contributed by atoms with E-state index in [1.165, 1.54) is 0 Å². The van der Waals surface area contributed by atoms with Crippen LogP contribution in [0.2, 0.25) is 5.02 Å². The van der Waals surface area contributed by atoms with Crippen molar-refractivity contribution < 1.29 is 9.53 Å². The minimum Gasteiger partial charge on any atom is -0.496 e. The van der Waals surface area contributed by atoms with Gasteiger partial charge in [0.15, 0.2) is 0 Å². The van der Waals surface area contributed by atoms with Crippen molar-refractivity contribution in [3.63, 3.8) is 0 Å². The molecular weight excluding hydrogens is 312 g/mol. The van der Waals surface area contributed by atoms with Gasteiger partial charge in [-0.3, -0.25) is 0 Å². The zero-order valence-corrected chi connectivity index (χ0v) is 13.5. The van der Waals surface area contributed by atoms with Gasteiger partial charge in [0.25, 0.3) is 0 Å². The molecule has 0 saturated heterocycles. The summed E-state index contributed by atoms with van der Waals surface area (Å²) in [5.74, 6) is 6.51. The van der Waals surface area contributed by atoms with Crippen molar-refractivity contribution in [2.45, 2.75) is 6.54 Å². The van der Waals surface area contributed by atoms with Crippen LogP contribution in [-0.4, -0.2) is 19.7 Å². The van der Waals surface area contributed by atoms with E-state index in [1.54, 1.807) is 19.2 Å². The van der Waals surface area contributed by atoms with Crippen LogP contribution < -0.4 is 15.4 Å². The third kappa shape index (κ3) is 5.57. The molecule has 0 bridgehead atoms. The van der Waals surface area contributed by atoms with Gasteiger partial charge in [0, 0.05) is 22.7 Å². The summed E-state index contributed by atoms with van der Waals surface area (Å²) in [4.78, 5) is 11.7. The summed E-state index contributed by atoms with van der Waals surface area (Å²) in [7, 11) is 1.56. The highest BCUT2D eigenvalue weighted by molar-refractivity contribution is 6.30. The first kappa shape index (κ1) is 16.7. The molecule has 0 aliphatic rings. The fourth-order valence-electron chi connectivity index (χ4n) is 1.89. The fourth-order valence-corrected chi connectivity index (χ4v) is 2.06. The molecule has 2 rings (SSSR count). The largest absolute Gasteiger partial charge is 0.496 e. The SMILES string of the molecule is COc1cc(Cl)ccc1CNC(=O)NCC#Cc1ccccc1. The van der Waals surface area contributed by atoms with E-state index in [4.69, 9.17) is 16.3 Å². The number of nitrogens with one attached hydrogen (secondary N) is 2. The minimum absolute atomic E-state index is 0.276. The molecule has 0 aliphatic heterocycles. The monoisotopic (exact) mass is 328 g/mol. The molecule has 0 heterocycles. The maximum atomic E-state index is 11.7. The van der Waals surface area contributed by atoms with Gasteiger partial charge in [-0.1, -0.05) is 47.7 Å². The molecule has 0 atom stereocenters. The van der Waals surface area contributed by atoms with Gasteiger partial charge in [-0.2, -0.15) is 0 Å². The molecule has 2 N–H and O–H groups in total. The Morgan fingerprint density at radius 2 is 1.96 bits per heavy atom. The third-order valence-corrected chi connectivity index (χ3v) is 3.27. The van der Waals surface area contributed by atoms with Crippen molar-refractivity contribution in [1.82, 2.24) is 10.6 Å². The smallest absolute Gasteiger partial charge is 0.315 e. The number of carbonyl (C=O) groups excluding carboxylic acids is 1. The van der Waals surface area contributed by atoms with Crippen LogP contribution in [0, 0.1) is 11.8 Å². The molecule has 118 valence electrons. The lowest BCUT2D eigenvalue weighted by Gasteiger charge is -2.10. The minimum atomic E-state index is -0.288. The van der Waals surface area contributed by atoms with E-state index in [2.05, 4.69) is 22.5 Å². The van der Waals surface area contributed by atoms with Crippen molar-refractivity contribution in [2.75, 3.05) is 13.7 Å². The van der Waals surface area contributed by atoms with Gasteiger partial charge < -0.3 is 15.4 Å². The van der Waals surface area contributed by atoms with Crippen molar-refractivity contribution in [2.24, 2.45) is 0 Å². The van der Waals surface area contributed by atoms with Gasteiger partial charge in [-0.25, -0.2) is 4.79 Å². The summed E-state index contributed by atoms with van der Waals surface area (Å²) in [5.41, 5.74) is 1.77. The first-order valence-corrected chi connectivity index (χ1v) is 7.45. The van der Waals surface area contributed by atoms with Crippen molar-refractivity contribution in [1.29, 1.82) is 0 Å². The molecule has 2 amide bonds. The number of ether oxygens (including phenoxy) is 1. The maximum absolute atomic E-state index is 11.7. The Morgan fingerprint density at radius 1 is 1.17 bits per heavy atom. The number of carbonyl (C=O) groups is 1. The van der Waals surface area contributed by atoms with Crippen LogP contribution in [-0.2, 0) is 6.54 Å². The number of urea groups is 1. The van der Waals surface area contributed by atoms with Gasteiger partial charge in [0.2, 0.25) is 0 Å². The van der Waals surface area contributed by atoms with E-state index in [-0.39, 0.29) is 12.6 Å². The zero-order valence-electron chi connectivity index (χ0n) is 12.7.